The van der Waals surface area contributed by atoms with Gasteiger partial charge in [-0.2, -0.15) is 0 Å². The molecule has 0 aliphatic rings. The molecule has 0 radical (unpaired) electrons. The molecule has 1 aromatic rings. The lowest BCUT2D eigenvalue weighted by Crippen LogP contribution is -2.21. The molecule has 0 heterocycles. The van der Waals surface area contributed by atoms with Crippen LogP contribution in [0.4, 0.5) is 5.69 Å². The first kappa shape index (κ1) is 13.6. The van der Waals surface area contributed by atoms with E-state index in [0.717, 1.165) is 6.08 Å². The topological polar surface area (TPSA) is 90.7 Å². The Labute approximate surface area is 104 Å². The molecule has 0 spiro atoms. The van der Waals surface area contributed by atoms with E-state index in [9.17, 15) is 9.59 Å². The van der Waals surface area contributed by atoms with Gasteiger partial charge in [0.05, 0.1) is 20.3 Å². The number of nitrogens with one attached hydrogen (secondary N) is 1. The van der Waals surface area contributed by atoms with Crippen LogP contribution in [-0.2, 0) is 14.3 Å². The van der Waals surface area contributed by atoms with E-state index in [4.69, 9.17) is 10.5 Å². The first-order valence-corrected chi connectivity index (χ1v) is 5.07. The quantitative estimate of drug-likeness (QED) is 0.591. The molecule has 0 atom stereocenters. The predicted molar refractivity (Wildman–Crippen MR) is 65.9 cm³/mol. The van der Waals surface area contributed by atoms with Gasteiger partial charge in [-0.1, -0.05) is 6.07 Å². The van der Waals surface area contributed by atoms with Crippen molar-refractivity contribution in [3.8, 4) is 5.75 Å². The lowest BCUT2D eigenvalue weighted by molar-refractivity contribution is -0.135. The van der Waals surface area contributed by atoms with Crippen molar-refractivity contribution in [3.63, 3.8) is 0 Å². The lowest BCUT2D eigenvalue weighted by atomic mass is 10.2. The van der Waals surface area contributed by atoms with E-state index >= 15 is 0 Å². The van der Waals surface area contributed by atoms with Crippen molar-refractivity contribution in [1.29, 1.82) is 0 Å². The summed E-state index contributed by atoms with van der Waals surface area (Å²) in [5.41, 5.74) is 5.66. The Morgan fingerprint density at radius 2 is 2.06 bits per heavy atom. The zero-order valence-corrected chi connectivity index (χ0v) is 10.1. The average Bonchev–Trinajstić information content (AvgIpc) is 2.37. The van der Waals surface area contributed by atoms with Crippen LogP contribution in [0.15, 0.2) is 36.0 Å². The molecule has 1 aromatic carbocycles. The van der Waals surface area contributed by atoms with Crippen LogP contribution >= 0.6 is 0 Å². The molecule has 0 aliphatic carbocycles. The maximum atomic E-state index is 11.2. The largest absolute Gasteiger partial charge is 0.497 e. The monoisotopic (exact) mass is 250 g/mol. The Balaban J connectivity index is 2.93. The molecule has 0 aliphatic heterocycles. The Morgan fingerprint density at radius 1 is 1.33 bits per heavy atom. The fraction of sp³-hybridized carbons (Fsp3) is 0.167. The summed E-state index contributed by atoms with van der Waals surface area (Å²) in [7, 11) is 2.74. The number of hydrogen-bond acceptors (Lipinski definition) is 5. The second kappa shape index (κ2) is 6.29. The van der Waals surface area contributed by atoms with Crippen LogP contribution in [-0.4, -0.2) is 26.1 Å². The van der Waals surface area contributed by atoms with Gasteiger partial charge in [-0.25, -0.2) is 4.79 Å². The summed E-state index contributed by atoms with van der Waals surface area (Å²) in [5, 5.41) is 2.72. The summed E-state index contributed by atoms with van der Waals surface area (Å²) in [6.45, 7) is 0. The number of methoxy groups -OCH3 is 2. The van der Waals surface area contributed by atoms with Crippen LogP contribution in [0, 0.1) is 0 Å². The highest BCUT2D eigenvalue weighted by atomic mass is 16.5. The zero-order chi connectivity index (χ0) is 13.5. The molecule has 0 bridgehead atoms. The van der Waals surface area contributed by atoms with E-state index in [2.05, 4.69) is 10.1 Å². The number of rotatable bonds is 5. The predicted octanol–water partition coefficient (Wildman–Crippen LogP) is 0.649. The summed E-state index contributed by atoms with van der Waals surface area (Å²) in [5.74, 6) is -0.815. The van der Waals surface area contributed by atoms with E-state index < -0.39 is 11.9 Å². The van der Waals surface area contributed by atoms with Gasteiger partial charge in [0.15, 0.2) is 0 Å². The summed E-state index contributed by atoms with van der Waals surface area (Å²) < 4.78 is 9.46. The number of primary amides is 1. The number of esters is 1. The van der Waals surface area contributed by atoms with Gasteiger partial charge in [-0.05, 0) is 12.1 Å². The van der Waals surface area contributed by atoms with Gasteiger partial charge < -0.3 is 20.5 Å². The maximum absolute atomic E-state index is 11.2. The highest BCUT2D eigenvalue weighted by molar-refractivity contribution is 6.00. The first-order chi connectivity index (χ1) is 8.56. The standard InChI is InChI=1S/C12H14N2O4/c1-17-9-5-3-4-8(6-9)14-10(12(13)16)7-11(15)18-2/h3-7,14H,1-2H3,(H2,13,16)/b10-7-. The van der Waals surface area contributed by atoms with E-state index in [1.54, 1.807) is 24.3 Å². The van der Waals surface area contributed by atoms with Crippen LogP contribution in [0.1, 0.15) is 0 Å². The second-order valence-corrected chi connectivity index (χ2v) is 3.30. The molecule has 6 nitrogen and oxygen atoms in total. The third kappa shape index (κ3) is 3.82. The fourth-order valence-electron chi connectivity index (χ4n) is 1.20. The minimum absolute atomic E-state index is 0.0601. The van der Waals surface area contributed by atoms with E-state index in [0.29, 0.717) is 11.4 Å². The Kier molecular flexibility index (Phi) is 4.74. The summed E-state index contributed by atoms with van der Waals surface area (Å²) in [6, 6.07) is 6.85. The molecule has 0 saturated heterocycles. The molecule has 1 amide bonds. The Hall–Kier alpha value is -2.50. The van der Waals surface area contributed by atoms with Crippen molar-refractivity contribution >= 4 is 17.6 Å². The van der Waals surface area contributed by atoms with Gasteiger partial charge in [0.2, 0.25) is 0 Å². The third-order valence-electron chi connectivity index (χ3n) is 2.08. The van der Waals surface area contributed by atoms with Crippen molar-refractivity contribution in [2.45, 2.75) is 0 Å². The minimum Gasteiger partial charge on any atom is -0.497 e. The van der Waals surface area contributed by atoms with Gasteiger partial charge in [-0.3, -0.25) is 4.79 Å². The molecule has 3 N–H and O–H groups in total. The van der Waals surface area contributed by atoms with Gasteiger partial charge >= 0.3 is 5.97 Å². The lowest BCUT2D eigenvalue weighted by Gasteiger charge is -2.08. The van der Waals surface area contributed by atoms with Crippen LogP contribution in [0.5, 0.6) is 5.75 Å². The summed E-state index contributed by atoms with van der Waals surface area (Å²) >= 11 is 0. The number of ether oxygens (including phenoxy) is 2. The molecular formula is C12H14N2O4. The number of carbonyl (C=O) groups excluding carboxylic acids is 2. The van der Waals surface area contributed by atoms with Crippen LogP contribution in [0.25, 0.3) is 0 Å². The van der Waals surface area contributed by atoms with Crippen molar-refractivity contribution in [2.75, 3.05) is 19.5 Å². The maximum Gasteiger partial charge on any atom is 0.332 e. The van der Waals surface area contributed by atoms with Gasteiger partial charge in [0, 0.05) is 11.8 Å². The van der Waals surface area contributed by atoms with Crippen molar-refractivity contribution in [3.05, 3.63) is 36.0 Å². The van der Waals surface area contributed by atoms with Crippen molar-refractivity contribution < 1.29 is 19.1 Å². The molecule has 0 unspecified atom stereocenters. The van der Waals surface area contributed by atoms with Gasteiger partial charge in [0.1, 0.15) is 11.4 Å². The van der Waals surface area contributed by atoms with E-state index in [-0.39, 0.29) is 5.70 Å². The first-order valence-electron chi connectivity index (χ1n) is 5.07. The Morgan fingerprint density at radius 3 is 2.61 bits per heavy atom. The van der Waals surface area contributed by atoms with Crippen LogP contribution < -0.4 is 15.8 Å². The molecule has 18 heavy (non-hydrogen) atoms. The minimum atomic E-state index is -0.761. The molecule has 1 rings (SSSR count). The van der Waals surface area contributed by atoms with E-state index in [1.807, 2.05) is 0 Å². The third-order valence-corrected chi connectivity index (χ3v) is 2.08. The van der Waals surface area contributed by atoms with Crippen molar-refractivity contribution in [1.82, 2.24) is 0 Å². The normalized spacial score (nSPS) is 10.7. The number of carbonyl (C=O) groups is 2. The molecule has 0 saturated carbocycles. The average molecular weight is 250 g/mol. The smallest absolute Gasteiger partial charge is 0.332 e. The fourth-order valence-corrected chi connectivity index (χ4v) is 1.20. The molecule has 0 aromatic heterocycles. The Bertz CT molecular complexity index is 483. The van der Waals surface area contributed by atoms with Gasteiger partial charge in [-0.15, -0.1) is 0 Å². The van der Waals surface area contributed by atoms with E-state index in [1.165, 1.54) is 14.2 Å². The van der Waals surface area contributed by atoms with Crippen molar-refractivity contribution in [2.24, 2.45) is 5.73 Å². The zero-order valence-electron chi connectivity index (χ0n) is 10.1. The molecule has 0 fully saturated rings. The molecule has 96 valence electrons. The van der Waals surface area contributed by atoms with Crippen LogP contribution in [0.3, 0.4) is 0 Å². The number of amides is 1. The molecular weight excluding hydrogens is 236 g/mol. The summed E-state index contributed by atoms with van der Waals surface area (Å²) in [4.78, 5) is 22.2. The number of benzene rings is 1. The highest BCUT2D eigenvalue weighted by Gasteiger charge is 2.08. The number of hydrogen-bond donors (Lipinski definition) is 2. The SMILES string of the molecule is COC(=O)/C=C(\Nc1cccc(OC)c1)C(N)=O. The van der Waals surface area contributed by atoms with Crippen LogP contribution in [0.2, 0.25) is 0 Å². The number of nitrogens with two attached hydrogens (primary N) is 1. The highest BCUT2D eigenvalue weighted by Crippen LogP contribution is 2.18. The second-order valence-electron chi connectivity index (χ2n) is 3.30. The molecule has 6 heteroatoms. The summed E-state index contributed by atoms with van der Waals surface area (Å²) in [6.07, 6.45) is 0.988. The number of anilines is 1. The van der Waals surface area contributed by atoms with Gasteiger partial charge in [0.25, 0.3) is 5.91 Å².